The lowest BCUT2D eigenvalue weighted by Crippen LogP contribution is -2.21. The Morgan fingerprint density at radius 1 is 1.44 bits per heavy atom. The third-order valence-electron chi connectivity index (χ3n) is 3.73. The van der Waals surface area contributed by atoms with E-state index in [2.05, 4.69) is 4.98 Å². The van der Waals surface area contributed by atoms with Crippen LogP contribution >= 0.6 is 22.9 Å². The molecule has 0 N–H and O–H groups in total. The first-order valence-electron chi connectivity index (χ1n) is 7.52. The fourth-order valence-corrected chi connectivity index (χ4v) is 3.76. The predicted molar refractivity (Wildman–Crippen MR) is 95.1 cm³/mol. The van der Waals surface area contributed by atoms with Crippen LogP contribution in [0.5, 0.6) is 0 Å². The van der Waals surface area contributed by atoms with Crippen LogP contribution in [0, 0.1) is 12.7 Å². The summed E-state index contributed by atoms with van der Waals surface area (Å²) in [7, 11) is 0. The van der Waals surface area contributed by atoms with E-state index in [1.165, 1.54) is 29.1 Å². The number of fused-ring (bicyclic) bond motifs is 1. The highest BCUT2D eigenvalue weighted by molar-refractivity contribution is 7.20. The van der Waals surface area contributed by atoms with E-state index in [9.17, 15) is 14.0 Å². The minimum Gasteiger partial charge on any atom is -0.462 e. The maximum absolute atomic E-state index is 13.2. The molecule has 0 aliphatic heterocycles. The van der Waals surface area contributed by atoms with Crippen molar-refractivity contribution in [3.8, 4) is 0 Å². The zero-order valence-corrected chi connectivity index (χ0v) is 15.1. The van der Waals surface area contributed by atoms with Crippen LogP contribution in [0.1, 0.15) is 27.7 Å². The Hall–Kier alpha value is -2.25. The van der Waals surface area contributed by atoms with Crippen molar-refractivity contribution in [2.75, 3.05) is 6.61 Å². The quantitative estimate of drug-likeness (QED) is 0.646. The van der Waals surface area contributed by atoms with Crippen LogP contribution in [0.2, 0.25) is 5.02 Å². The molecule has 25 heavy (non-hydrogen) atoms. The van der Waals surface area contributed by atoms with Gasteiger partial charge in [0.05, 0.1) is 24.9 Å². The van der Waals surface area contributed by atoms with Crippen molar-refractivity contribution in [3.05, 3.63) is 61.7 Å². The fourth-order valence-electron chi connectivity index (χ4n) is 2.50. The Balaban J connectivity index is 2.06. The third kappa shape index (κ3) is 3.29. The molecular weight excluding hydrogens is 367 g/mol. The maximum Gasteiger partial charge on any atom is 0.348 e. The van der Waals surface area contributed by atoms with Crippen LogP contribution in [0.3, 0.4) is 0 Å². The highest BCUT2D eigenvalue weighted by Gasteiger charge is 2.20. The van der Waals surface area contributed by atoms with E-state index < -0.39 is 11.8 Å². The molecule has 0 unspecified atom stereocenters. The summed E-state index contributed by atoms with van der Waals surface area (Å²) in [4.78, 5) is 29.9. The second-order valence-corrected chi connectivity index (χ2v) is 6.78. The standard InChI is InChI=1S/C17H14ClFN2O3S/c1-3-24-17(23)14-9(2)13-15(25-14)20-8-21(16(13)22)7-10-4-5-11(19)6-12(10)18/h4-6,8H,3,7H2,1-2H3. The van der Waals surface area contributed by atoms with Crippen LogP contribution in [-0.2, 0) is 11.3 Å². The van der Waals surface area contributed by atoms with Gasteiger partial charge in [0, 0.05) is 5.02 Å². The highest BCUT2D eigenvalue weighted by atomic mass is 35.5. The van der Waals surface area contributed by atoms with Gasteiger partial charge in [0.25, 0.3) is 5.56 Å². The molecule has 0 saturated heterocycles. The number of hydrogen-bond acceptors (Lipinski definition) is 5. The number of benzene rings is 1. The topological polar surface area (TPSA) is 61.2 Å². The van der Waals surface area contributed by atoms with Crippen molar-refractivity contribution in [1.82, 2.24) is 9.55 Å². The van der Waals surface area contributed by atoms with E-state index in [-0.39, 0.29) is 23.7 Å². The number of thiophene rings is 1. The van der Waals surface area contributed by atoms with E-state index in [4.69, 9.17) is 16.3 Å². The molecule has 1 aromatic carbocycles. The van der Waals surface area contributed by atoms with Crippen LogP contribution in [-0.4, -0.2) is 22.1 Å². The first-order chi connectivity index (χ1) is 11.9. The van der Waals surface area contributed by atoms with Crippen molar-refractivity contribution in [2.45, 2.75) is 20.4 Å². The maximum atomic E-state index is 13.2. The SMILES string of the molecule is CCOC(=O)c1sc2ncn(Cc3ccc(F)cc3Cl)c(=O)c2c1C. The Morgan fingerprint density at radius 3 is 2.88 bits per heavy atom. The van der Waals surface area contributed by atoms with Gasteiger partial charge in [-0.25, -0.2) is 14.2 Å². The summed E-state index contributed by atoms with van der Waals surface area (Å²) in [6.45, 7) is 3.83. The molecule has 3 rings (SSSR count). The minimum absolute atomic E-state index is 0.158. The number of esters is 1. The molecule has 0 fully saturated rings. The predicted octanol–water partition coefficient (Wildman–Crippen LogP) is 3.78. The lowest BCUT2D eigenvalue weighted by atomic mass is 10.2. The van der Waals surface area contributed by atoms with Gasteiger partial charge in [0.1, 0.15) is 15.5 Å². The summed E-state index contributed by atoms with van der Waals surface area (Å²) in [5.74, 6) is -0.905. The van der Waals surface area contributed by atoms with Crippen LogP contribution in [0.25, 0.3) is 10.2 Å². The van der Waals surface area contributed by atoms with Crippen LogP contribution < -0.4 is 5.56 Å². The third-order valence-corrected chi connectivity index (χ3v) is 5.27. The van der Waals surface area contributed by atoms with Gasteiger partial charge < -0.3 is 4.74 Å². The molecule has 0 spiro atoms. The number of carbonyl (C=O) groups excluding carboxylic acids is 1. The number of rotatable bonds is 4. The van der Waals surface area contributed by atoms with Crippen molar-refractivity contribution in [1.29, 1.82) is 0 Å². The van der Waals surface area contributed by atoms with Gasteiger partial charge in [0.15, 0.2) is 0 Å². The van der Waals surface area contributed by atoms with Gasteiger partial charge in [-0.3, -0.25) is 9.36 Å². The molecule has 8 heteroatoms. The molecule has 0 saturated carbocycles. The summed E-state index contributed by atoms with van der Waals surface area (Å²) >= 11 is 7.16. The molecule has 5 nitrogen and oxygen atoms in total. The first-order valence-corrected chi connectivity index (χ1v) is 8.71. The number of aryl methyl sites for hydroxylation is 1. The molecule has 3 aromatic rings. The lowest BCUT2D eigenvalue weighted by molar-refractivity contribution is 0.0531. The first kappa shape index (κ1) is 17.6. The van der Waals surface area contributed by atoms with Gasteiger partial charge in [-0.2, -0.15) is 0 Å². The average Bonchev–Trinajstić information content (AvgIpc) is 2.90. The number of carbonyl (C=O) groups is 1. The van der Waals surface area contributed by atoms with Crippen molar-refractivity contribution in [3.63, 3.8) is 0 Å². The van der Waals surface area contributed by atoms with E-state index in [0.29, 0.717) is 26.2 Å². The van der Waals surface area contributed by atoms with Gasteiger partial charge in [0.2, 0.25) is 0 Å². The fraction of sp³-hybridized carbons (Fsp3) is 0.235. The number of hydrogen-bond donors (Lipinski definition) is 0. The normalized spacial score (nSPS) is 11.0. The minimum atomic E-state index is -0.462. The smallest absolute Gasteiger partial charge is 0.348 e. The lowest BCUT2D eigenvalue weighted by Gasteiger charge is -2.07. The van der Waals surface area contributed by atoms with Gasteiger partial charge >= 0.3 is 5.97 Å². The second kappa shape index (κ2) is 6.93. The van der Waals surface area contributed by atoms with Crippen molar-refractivity contribution < 1.29 is 13.9 Å². The molecule has 130 valence electrons. The second-order valence-electron chi connectivity index (χ2n) is 5.37. The monoisotopic (exact) mass is 380 g/mol. The van der Waals surface area contributed by atoms with E-state index in [0.717, 1.165) is 11.3 Å². The zero-order chi connectivity index (χ0) is 18.1. The summed E-state index contributed by atoms with van der Waals surface area (Å²) in [5.41, 5.74) is 0.870. The number of ether oxygens (including phenoxy) is 1. The zero-order valence-electron chi connectivity index (χ0n) is 13.5. The molecular formula is C17H14ClFN2O3S. The summed E-state index contributed by atoms with van der Waals surface area (Å²) in [6.07, 6.45) is 1.40. The van der Waals surface area contributed by atoms with Crippen molar-refractivity contribution >= 4 is 39.1 Å². The van der Waals surface area contributed by atoms with Gasteiger partial charge in [-0.05, 0) is 37.1 Å². The molecule has 0 radical (unpaired) electrons. The number of aromatic nitrogens is 2. The number of nitrogens with zero attached hydrogens (tertiary/aromatic N) is 2. The van der Waals surface area contributed by atoms with Crippen LogP contribution in [0.15, 0.2) is 29.3 Å². The van der Waals surface area contributed by atoms with E-state index in [1.54, 1.807) is 13.8 Å². The molecule has 0 atom stereocenters. The highest BCUT2D eigenvalue weighted by Crippen LogP contribution is 2.27. The van der Waals surface area contributed by atoms with E-state index in [1.807, 2.05) is 0 Å². The molecule has 0 aliphatic carbocycles. The summed E-state index contributed by atoms with van der Waals surface area (Å²) < 4.78 is 19.6. The van der Waals surface area contributed by atoms with Crippen molar-refractivity contribution in [2.24, 2.45) is 0 Å². The molecule has 2 aromatic heterocycles. The van der Waals surface area contributed by atoms with Gasteiger partial charge in [-0.1, -0.05) is 17.7 Å². The van der Waals surface area contributed by atoms with Crippen LogP contribution in [0.4, 0.5) is 4.39 Å². The molecule has 2 heterocycles. The van der Waals surface area contributed by atoms with Gasteiger partial charge in [-0.15, -0.1) is 11.3 Å². The summed E-state index contributed by atoms with van der Waals surface area (Å²) in [5, 5.41) is 0.620. The largest absolute Gasteiger partial charge is 0.462 e. The van der Waals surface area contributed by atoms with E-state index >= 15 is 0 Å². The summed E-state index contributed by atoms with van der Waals surface area (Å²) in [6, 6.07) is 4.01. The Labute approximate surface area is 151 Å². The average molecular weight is 381 g/mol. The Morgan fingerprint density at radius 2 is 2.20 bits per heavy atom. The Bertz CT molecular complexity index is 1030. The molecule has 0 amide bonds. The molecule has 0 aliphatic rings. The number of halogens is 2. The molecule has 0 bridgehead atoms. The Kier molecular flexibility index (Phi) is 4.87.